The number of allylic oxidation sites excluding steroid dienone is 4. The second kappa shape index (κ2) is 14.7. The molecule has 10 heteroatoms. The van der Waals surface area contributed by atoms with Crippen LogP contribution in [0.2, 0.25) is 0 Å². The van der Waals surface area contributed by atoms with E-state index in [2.05, 4.69) is 63.1 Å². The molecular formula is C32H44N10+2. The van der Waals surface area contributed by atoms with Crippen LogP contribution in [0.1, 0.15) is 12.8 Å². The topological polar surface area (TPSA) is 116 Å². The molecule has 0 bridgehead atoms. The number of nitrogens with zero attached hydrogens (tertiary/aromatic N) is 6. The van der Waals surface area contributed by atoms with Crippen LogP contribution in [0.3, 0.4) is 0 Å². The van der Waals surface area contributed by atoms with Crippen molar-refractivity contribution in [2.24, 2.45) is 17.0 Å². The molecule has 0 radical (unpaired) electrons. The van der Waals surface area contributed by atoms with E-state index >= 15 is 0 Å². The quantitative estimate of drug-likeness (QED) is 0.0622. The number of imidazole rings is 1. The molecule has 6 N–H and O–H groups in total. The predicted octanol–water partition coefficient (Wildman–Crippen LogP) is 3.98. The highest BCUT2D eigenvalue weighted by atomic mass is 15.2. The first kappa shape index (κ1) is 30.1. The molecule has 0 spiro atoms. The van der Waals surface area contributed by atoms with Gasteiger partial charge < -0.3 is 22.1 Å². The summed E-state index contributed by atoms with van der Waals surface area (Å²) in [5, 5.41) is 6.88. The summed E-state index contributed by atoms with van der Waals surface area (Å²) in [6.07, 6.45) is 18.2. The highest BCUT2D eigenvalue weighted by Gasteiger charge is 2.08. The molecule has 0 fully saturated rings. The number of aliphatic imine (C=N–C) groups is 2. The molecule has 42 heavy (non-hydrogen) atoms. The van der Waals surface area contributed by atoms with Crippen molar-refractivity contribution in [3.63, 3.8) is 0 Å². The van der Waals surface area contributed by atoms with Gasteiger partial charge in [0.2, 0.25) is 12.7 Å². The van der Waals surface area contributed by atoms with E-state index < -0.39 is 0 Å². The van der Waals surface area contributed by atoms with Crippen LogP contribution in [0, 0.1) is 0 Å². The van der Waals surface area contributed by atoms with E-state index in [1.54, 1.807) is 6.07 Å². The maximum absolute atomic E-state index is 6.29. The number of nitrogens with one attached hydrogen (secondary N) is 2. The molecule has 2 aromatic carbocycles. The predicted molar refractivity (Wildman–Crippen MR) is 177 cm³/mol. The Bertz CT molecular complexity index is 1470. The van der Waals surface area contributed by atoms with Gasteiger partial charge in [-0.3, -0.25) is 14.5 Å². The summed E-state index contributed by atoms with van der Waals surface area (Å²) in [6, 6.07) is 11.8. The van der Waals surface area contributed by atoms with Crippen molar-refractivity contribution < 1.29 is 9.14 Å². The SMILES string of the molecule is CN(C=[N+](C)C)CCCNc1ccc(Nc2cc(N=C3C=CC(=NCCCn4cc[n+](C)c4)C=C3)c(N)cc2N)cc1. The van der Waals surface area contributed by atoms with Gasteiger partial charge in [0.15, 0.2) is 0 Å². The molecule has 10 nitrogen and oxygen atoms in total. The molecule has 4 rings (SSSR count). The average Bonchev–Trinajstić information content (AvgIpc) is 3.38. The first-order chi connectivity index (χ1) is 20.2. The normalized spacial score (nSPS) is 12.3. The monoisotopic (exact) mass is 568 g/mol. The van der Waals surface area contributed by atoms with Crippen molar-refractivity contribution in [2.75, 3.05) is 62.9 Å². The standard InChI is InChI=1S/C32H44N10/c1-39(2)23-40(3)17-5-15-35-25-7-11-27(12-8-25)37-31-22-32(30(34)21-29(31)33)38-28-13-9-26(10-14-28)36-16-6-18-42-20-19-41(4)24-42/h7-14,19-24,35,37H,5-6,15-18,33-34H2,1-4H3/q+2. The van der Waals surface area contributed by atoms with E-state index in [9.17, 15) is 0 Å². The average molecular weight is 569 g/mol. The van der Waals surface area contributed by atoms with Crippen LogP contribution in [0.25, 0.3) is 0 Å². The number of hydrogen-bond acceptors (Lipinski definition) is 6. The highest BCUT2D eigenvalue weighted by molar-refractivity contribution is 6.19. The molecule has 1 aromatic heterocycles. The van der Waals surface area contributed by atoms with Crippen LogP contribution in [-0.4, -0.2) is 72.6 Å². The minimum Gasteiger partial charge on any atom is -0.397 e. The Labute approximate surface area is 249 Å². The van der Waals surface area contributed by atoms with Crippen molar-refractivity contribution in [3.05, 3.63) is 79.4 Å². The number of anilines is 5. The van der Waals surface area contributed by atoms with Crippen LogP contribution < -0.4 is 26.7 Å². The number of aryl methyl sites for hydroxylation is 2. The zero-order chi connectivity index (χ0) is 29.9. The van der Waals surface area contributed by atoms with Gasteiger partial charge in [0.05, 0.1) is 75.5 Å². The van der Waals surface area contributed by atoms with Gasteiger partial charge in [-0.2, -0.15) is 0 Å². The highest BCUT2D eigenvalue weighted by Crippen LogP contribution is 2.34. The molecule has 0 aliphatic heterocycles. The fourth-order valence-corrected chi connectivity index (χ4v) is 4.53. The largest absolute Gasteiger partial charge is 0.397 e. The van der Waals surface area contributed by atoms with E-state index in [1.165, 1.54) is 0 Å². The molecule has 3 aromatic rings. The van der Waals surface area contributed by atoms with Crippen molar-refractivity contribution in [2.45, 2.75) is 19.4 Å². The van der Waals surface area contributed by atoms with Gasteiger partial charge in [-0.05, 0) is 60.7 Å². The van der Waals surface area contributed by atoms with E-state index in [0.717, 1.165) is 67.5 Å². The van der Waals surface area contributed by atoms with Gasteiger partial charge in [0.1, 0.15) is 12.4 Å². The summed E-state index contributed by atoms with van der Waals surface area (Å²) >= 11 is 0. The minimum absolute atomic E-state index is 0.526. The Morgan fingerprint density at radius 1 is 0.976 bits per heavy atom. The van der Waals surface area contributed by atoms with Crippen molar-refractivity contribution in [1.29, 1.82) is 0 Å². The van der Waals surface area contributed by atoms with Crippen LogP contribution in [0.4, 0.5) is 34.1 Å². The third-order valence-corrected chi connectivity index (χ3v) is 6.60. The summed E-state index contributed by atoms with van der Waals surface area (Å²) in [5.74, 6) is 0. The maximum atomic E-state index is 6.29. The molecule has 1 heterocycles. The first-order valence-electron chi connectivity index (χ1n) is 14.3. The number of rotatable bonds is 13. The van der Waals surface area contributed by atoms with Gasteiger partial charge in [-0.25, -0.2) is 14.1 Å². The number of hydrogen-bond donors (Lipinski definition) is 4. The van der Waals surface area contributed by atoms with Gasteiger partial charge >= 0.3 is 0 Å². The third kappa shape index (κ3) is 9.36. The maximum Gasteiger partial charge on any atom is 0.243 e. The lowest BCUT2D eigenvalue weighted by atomic mass is 10.1. The molecule has 0 saturated carbocycles. The molecule has 1 aliphatic carbocycles. The van der Waals surface area contributed by atoms with E-state index in [4.69, 9.17) is 16.5 Å². The smallest absolute Gasteiger partial charge is 0.243 e. The summed E-state index contributed by atoms with van der Waals surface area (Å²) in [6.45, 7) is 3.60. The summed E-state index contributed by atoms with van der Waals surface area (Å²) in [7, 11) is 8.17. The number of benzene rings is 2. The molecule has 0 saturated heterocycles. The van der Waals surface area contributed by atoms with Gasteiger partial charge in [-0.1, -0.05) is 0 Å². The Balaban J connectivity index is 1.30. The lowest BCUT2D eigenvalue weighted by molar-refractivity contribution is -0.671. The van der Waals surface area contributed by atoms with E-state index in [-0.39, 0.29) is 0 Å². The van der Waals surface area contributed by atoms with E-state index in [0.29, 0.717) is 17.1 Å². The second-order valence-electron chi connectivity index (χ2n) is 10.7. The van der Waals surface area contributed by atoms with Crippen LogP contribution >= 0.6 is 0 Å². The fraction of sp³-hybridized carbons (Fsp3) is 0.312. The number of aromatic nitrogens is 2. The number of nitrogen functional groups attached to an aromatic ring is 2. The summed E-state index contributed by atoms with van der Waals surface area (Å²) < 4.78 is 6.25. The zero-order valence-electron chi connectivity index (χ0n) is 25.2. The fourth-order valence-electron chi connectivity index (χ4n) is 4.53. The molecule has 0 atom stereocenters. The van der Waals surface area contributed by atoms with E-state index in [1.807, 2.05) is 79.0 Å². The Morgan fingerprint density at radius 2 is 1.69 bits per heavy atom. The number of nitrogens with two attached hydrogens (primary N) is 2. The van der Waals surface area contributed by atoms with Crippen molar-refractivity contribution in [1.82, 2.24) is 9.47 Å². The van der Waals surface area contributed by atoms with Gasteiger partial charge in [0, 0.05) is 37.3 Å². The van der Waals surface area contributed by atoms with Crippen LogP contribution in [0.5, 0.6) is 0 Å². The lowest BCUT2D eigenvalue weighted by Crippen LogP contribution is -2.24. The molecule has 1 aliphatic rings. The first-order valence-corrected chi connectivity index (χ1v) is 14.3. The van der Waals surface area contributed by atoms with Crippen molar-refractivity contribution in [3.8, 4) is 0 Å². The summed E-state index contributed by atoms with van der Waals surface area (Å²) in [4.78, 5) is 11.6. The second-order valence-corrected chi connectivity index (χ2v) is 10.7. The third-order valence-electron chi connectivity index (χ3n) is 6.60. The molecule has 0 unspecified atom stereocenters. The Kier molecular flexibility index (Phi) is 10.5. The Hall–Kier alpha value is -4.86. The van der Waals surface area contributed by atoms with Crippen molar-refractivity contribution >= 4 is 51.9 Å². The minimum atomic E-state index is 0.526. The van der Waals surface area contributed by atoms with Gasteiger partial charge in [0.25, 0.3) is 0 Å². The zero-order valence-corrected chi connectivity index (χ0v) is 25.2. The van der Waals surface area contributed by atoms with Gasteiger partial charge in [-0.15, -0.1) is 0 Å². The molecular weight excluding hydrogens is 524 g/mol. The molecule has 220 valence electrons. The Morgan fingerprint density at radius 3 is 2.38 bits per heavy atom. The van der Waals surface area contributed by atoms with Crippen LogP contribution in [0.15, 0.2) is 89.4 Å². The van der Waals surface area contributed by atoms with Crippen LogP contribution in [-0.2, 0) is 13.6 Å². The lowest BCUT2D eigenvalue weighted by Gasteiger charge is -2.14. The molecule has 0 amide bonds. The summed E-state index contributed by atoms with van der Waals surface area (Å²) in [5.41, 5.74) is 18.8.